The van der Waals surface area contributed by atoms with Crippen molar-refractivity contribution in [1.82, 2.24) is 0 Å². The van der Waals surface area contributed by atoms with Crippen LogP contribution < -0.4 is 0 Å². The Morgan fingerprint density at radius 1 is 1.40 bits per heavy atom. The molecule has 0 heterocycles. The number of ketones is 1. The molecule has 1 aliphatic carbocycles. The summed E-state index contributed by atoms with van der Waals surface area (Å²) in [7, 11) is 1.65. The molecule has 0 saturated carbocycles. The summed E-state index contributed by atoms with van der Waals surface area (Å²) in [5.41, 5.74) is 1.73. The minimum absolute atomic E-state index is 0.0794. The molecule has 2 rings (SSSR count). The van der Waals surface area contributed by atoms with Gasteiger partial charge < -0.3 is 9.84 Å². The van der Waals surface area contributed by atoms with E-state index in [9.17, 15) is 9.90 Å². The molecule has 1 unspecified atom stereocenters. The van der Waals surface area contributed by atoms with E-state index in [4.69, 9.17) is 4.74 Å². The minimum Gasteiger partial charge on any atom is -0.508 e. The number of carbonyl (C=O) groups is 1. The molecule has 1 aromatic rings. The van der Waals surface area contributed by atoms with Crippen molar-refractivity contribution in [2.24, 2.45) is 5.92 Å². The van der Waals surface area contributed by atoms with Crippen LogP contribution in [0, 0.1) is 12.8 Å². The maximum atomic E-state index is 12.3. The van der Waals surface area contributed by atoms with Gasteiger partial charge in [0.25, 0.3) is 0 Å². The standard InChI is InChI=1S/C17H22O3/c1-11(2)8-17(20-4)9-14(16(19)10-17)13-6-5-12(3)15(18)7-13/h5-7,9,11,18H,8,10H2,1-4H3. The Morgan fingerprint density at radius 3 is 2.65 bits per heavy atom. The summed E-state index contributed by atoms with van der Waals surface area (Å²) >= 11 is 0. The van der Waals surface area contributed by atoms with Crippen molar-refractivity contribution in [3.05, 3.63) is 35.4 Å². The Morgan fingerprint density at radius 2 is 2.10 bits per heavy atom. The van der Waals surface area contributed by atoms with Crippen LogP contribution in [-0.4, -0.2) is 23.6 Å². The van der Waals surface area contributed by atoms with E-state index < -0.39 is 5.60 Å². The summed E-state index contributed by atoms with van der Waals surface area (Å²) in [6.07, 6.45) is 3.13. The molecular formula is C17H22O3. The maximum Gasteiger partial charge on any atom is 0.166 e. The lowest BCUT2D eigenvalue weighted by atomic mass is 9.91. The fraction of sp³-hybridized carbons (Fsp3) is 0.471. The van der Waals surface area contributed by atoms with Gasteiger partial charge in [-0.2, -0.15) is 0 Å². The first-order chi connectivity index (χ1) is 9.37. The fourth-order valence-electron chi connectivity index (χ4n) is 2.82. The zero-order valence-electron chi connectivity index (χ0n) is 12.6. The third-order valence-electron chi connectivity index (χ3n) is 3.85. The number of benzene rings is 1. The van der Waals surface area contributed by atoms with Crippen LogP contribution in [0.15, 0.2) is 24.3 Å². The van der Waals surface area contributed by atoms with Gasteiger partial charge in [-0.25, -0.2) is 0 Å². The first kappa shape index (κ1) is 14.8. The number of rotatable bonds is 4. The average Bonchev–Trinajstić information content (AvgIpc) is 2.70. The molecule has 0 saturated heterocycles. The van der Waals surface area contributed by atoms with Gasteiger partial charge in [-0.15, -0.1) is 0 Å². The third-order valence-corrected chi connectivity index (χ3v) is 3.85. The summed E-state index contributed by atoms with van der Waals surface area (Å²) in [6, 6.07) is 5.36. The van der Waals surface area contributed by atoms with Gasteiger partial charge in [0.2, 0.25) is 0 Å². The number of ether oxygens (including phenoxy) is 1. The normalized spacial score (nSPS) is 22.4. The molecule has 1 atom stereocenters. The highest BCUT2D eigenvalue weighted by atomic mass is 16.5. The van der Waals surface area contributed by atoms with Crippen LogP contribution in [0.1, 0.15) is 37.8 Å². The molecule has 3 heteroatoms. The predicted molar refractivity (Wildman–Crippen MR) is 79.6 cm³/mol. The molecule has 0 radical (unpaired) electrons. The van der Waals surface area contributed by atoms with E-state index in [1.165, 1.54) is 0 Å². The van der Waals surface area contributed by atoms with Crippen LogP contribution in [-0.2, 0) is 9.53 Å². The van der Waals surface area contributed by atoms with Crippen molar-refractivity contribution in [2.45, 2.75) is 39.2 Å². The van der Waals surface area contributed by atoms with Crippen molar-refractivity contribution in [1.29, 1.82) is 0 Å². The quantitative estimate of drug-likeness (QED) is 0.914. The second kappa shape index (κ2) is 5.41. The number of hydrogen-bond donors (Lipinski definition) is 1. The number of aryl methyl sites for hydroxylation is 1. The van der Waals surface area contributed by atoms with E-state index in [1.807, 2.05) is 25.1 Å². The summed E-state index contributed by atoms with van der Waals surface area (Å²) in [5.74, 6) is 0.746. The Hall–Kier alpha value is -1.61. The Labute approximate surface area is 120 Å². The minimum atomic E-state index is -0.499. The molecule has 0 aliphatic heterocycles. The Kier molecular flexibility index (Phi) is 4.00. The van der Waals surface area contributed by atoms with Gasteiger partial charge >= 0.3 is 0 Å². The first-order valence-electron chi connectivity index (χ1n) is 6.98. The van der Waals surface area contributed by atoms with Crippen LogP contribution in [0.5, 0.6) is 5.75 Å². The molecular weight excluding hydrogens is 252 g/mol. The molecule has 0 spiro atoms. The number of phenolic OH excluding ortho intramolecular Hbond substituents is 1. The predicted octanol–water partition coefficient (Wildman–Crippen LogP) is 3.49. The van der Waals surface area contributed by atoms with Crippen molar-refractivity contribution in [3.8, 4) is 5.75 Å². The molecule has 0 aromatic heterocycles. The smallest absolute Gasteiger partial charge is 0.166 e. The van der Waals surface area contributed by atoms with Crippen molar-refractivity contribution < 1.29 is 14.6 Å². The van der Waals surface area contributed by atoms with E-state index in [0.29, 0.717) is 17.9 Å². The molecule has 3 nitrogen and oxygen atoms in total. The topological polar surface area (TPSA) is 46.5 Å². The number of Topliss-reactive ketones (excluding diaryl/α,β-unsaturated/α-hetero) is 1. The number of methoxy groups -OCH3 is 1. The number of hydrogen-bond acceptors (Lipinski definition) is 3. The van der Waals surface area contributed by atoms with E-state index in [1.54, 1.807) is 13.2 Å². The van der Waals surface area contributed by atoms with Gasteiger partial charge in [0, 0.05) is 19.1 Å². The van der Waals surface area contributed by atoms with Gasteiger partial charge in [0.1, 0.15) is 5.75 Å². The van der Waals surface area contributed by atoms with E-state index >= 15 is 0 Å². The first-order valence-corrected chi connectivity index (χ1v) is 6.98. The summed E-state index contributed by atoms with van der Waals surface area (Å²) in [5, 5.41) is 9.81. The molecule has 1 aliphatic rings. The second-order valence-electron chi connectivity index (χ2n) is 6.03. The largest absolute Gasteiger partial charge is 0.508 e. The van der Waals surface area contributed by atoms with E-state index in [0.717, 1.165) is 17.5 Å². The van der Waals surface area contributed by atoms with Gasteiger partial charge in [-0.3, -0.25) is 4.79 Å². The third kappa shape index (κ3) is 2.78. The average molecular weight is 274 g/mol. The highest BCUT2D eigenvalue weighted by molar-refractivity contribution is 6.23. The lowest BCUT2D eigenvalue weighted by molar-refractivity contribution is -0.116. The lowest BCUT2D eigenvalue weighted by Crippen LogP contribution is -2.29. The van der Waals surface area contributed by atoms with Crippen LogP contribution in [0.4, 0.5) is 0 Å². The monoisotopic (exact) mass is 274 g/mol. The van der Waals surface area contributed by atoms with Crippen LogP contribution in [0.25, 0.3) is 5.57 Å². The van der Waals surface area contributed by atoms with Crippen molar-refractivity contribution in [2.75, 3.05) is 7.11 Å². The van der Waals surface area contributed by atoms with Crippen LogP contribution >= 0.6 is 0 Å². The number of allylic oxidation sites excluding steroid dienone is 1. The van der Waals surface area contributed by atoms with Crippen molar-refractivity contribution >= 4 is 11.4 Å². The zero-order chi connectivity index (χ0) is 14.9. The molecule has 0 amide bonds. The molecule has 1 N–H and O–H groups in total. The molecule has 1 aromatic carbocycles. The number of aromatic hydroxyl groups is 1. The van der Waals surface area contributed by atoms with E-state index in [2.05, 4.69) is 13.8 Å². The zero-order valence-corrected chi connectivity index (χ0v) is 12.6. The van der Waals surface area contributed by atoms with Crippen LogP contribution in [0.2, 0.25) is 0 Å². The fourth-order valence-corrected chi connectivity index (χ4v) is 2.82. The van der Waals surface area contributed by atoms with Gasteiger partial charge in [0.05, 0.1) is 5.60 Å². The van der Waals surface area contributed by atoms with Gasteiger partial charge in [-0.1, -0.05) is 26.0 Å². The molecule has 0 fully saturated rings. The maximum absolute atomic E-state index is 12.3. The summed E-state index contributed by atoms with van der Waals surface area (Å²) < 4.78 is 5.63. The van der Waals surface area contributed by atoms with Gasteiger partial charge in [0.15, 0.2) is 5.78 Å². The Balaban J connectivity index is 2.39. The highest BCUT2D eigenvalue weighted by Crippen LogP contribution is 2.38. The highest BCUT2D eigenvalue weighted by Gasteiger charge is 2.39. The SMILES string of the molecule is COC1(CC(C)C)C=C(c2ccc(C)c(O)c2)C(=O)C1. The number of carbonyl (C=O) groups excluding carboxylic acids is 1. The lowest BCUT2D eigenvalue weighted by Gasteiger charge is -2.26. The molecule has 0 bridgehead atoms. The Bertz CT molecular complexity index is 557. The van der Waals surface area contributed by atoms with E-state index in [-0.39, 0.29) is 11.5 Å². The number of phenols is 1. The van der Waals surface area contributed by atoms with Crippen LogP contribution in [0.3, 0.4) is 0 Å². The van der Waals surface area contributed by atoms with Crippen molar-refractivity contribution in [3.63, 3.8) is 0 Å². The summed E-state index contributed by atoms with van der Waals surface area (Å²) in [6.45, 7) is 6.08. The molecule has 108 valence electrons. The summed E-state index contributed by atoms with van der Waals surface area (Å²) in [4.78, 5) is 12.3. The van der Waals surface area contributed by atoms with Gasteiger partial charge in [-0.05, 0) is 42.5 Å². The molecule has 20 heavy (non-hydrogen) atoms. The second-order valence-corrected chi connectivity index (χ2v) is 6.03.